The Morgan fingerprint density at radius 1 is 0.533 bits per heavy atom. The molecule has 4 nitrogen and oxygen atoms in total. The van der Waals surface area contributed by atoms with Gasteiger partial charge in [-0.2, -0.15) is 43.9 Å². The zero-order chi connectivity index (χ0) is 43.9. The van der Waals surface area contributed by atoms with E-state index in [9.17, 15) is 43.9 Å². The van der Waals surface area contributed by atoms with Crippen molar-refractivity contribution in [2.75, 3.05) is 13.2 Å². The van der Waals surface area contributed by atoms with Crippen LogP contribution < -0.4 is 0 Å². The summed E-state index contributed by atoms with van der Waals surface area (Å²) in [7, 11) is -2.70. The van der Waals surface area contributed by atoms with Crippen LogP contribution in [0.5, 0.6) is 0 Å². The molecular formula is C45H39BF10N2O2. The molecule has 0 atom stereocenters. The van der Waals surface area contributed by atoms with Gasteiger partial charge in [-0.25, -0.2) is 4.99 Å². The van der Waals surface area contributed by atoms with E-state index in [1.54, 1.807) is 57.2 Å². The first-order chi connectivity index (χ1) is 27.9. The standard InChI is InChI=1S/C45H39BF10N2O2/c1-26-7-11-32(12-8-26)38-21-36(34-17-28(3)15-29(4)18-34)39(57-38)23-41-37(35-19-30(5)16-31(6)20-35)22-40(33-13-9-27(2)10-14-33)58(41)46(59-24-42(47,48)44(51,52)53)60-25-43(49,50)45(54,55)56/h7-23H,24-25H2,1-6H3/b39-23-. The highest BCUT2D eigenvalue weighted by molar-refractivity contribution is 6.44. The number of alkyl halides is 10. The number of benzene rings is 4. The second kappa shape index (κ2) is 16.6. The number of hydrogen-bond acceptors (Lipinski definition) is 3. The predicted octanol–water partition coefficient (Wildman–Crippen LogP) is 12.9. The van der Waals surface area contributed by atoms with Gasteiger partial charge in [-0.15, -0.1) is 0 Å². The molecule has 1 aliphatic rings. The van der Waals surface area contributed by atoms with Gasteiger partial charge < -0.3 is 13.8 Å². The van der Waals surface area contributed by atoms with Crippen LogP contribution in [0.25, 0.3) is 34.0 Å². The SMILES string of the molecule is Cc1ccc(C2=N/C(=C\c3c(-c4cc(C)cc(C)c4)cc(-c4ccc(C)cc4)n3B(OCC(F)(F)C(F)(F)F)OCC(F)(F)C(F)(F)F)C(c3cc(C)cc(C)c3)=C2)cc1. The molecule has 1 aromatic heterocycles. The number of aromatic nitrogens is 1. The molecule has 0 saturated carbocycles. The average Bonchev–Trinajstić information content (AvgIpc) is 3.73. The Morgan fingerprint density at radius 3 is 1.42 bits per heavy atom. The summed E-state index contributed by atoms with van der Waals surface area (Å²) in [4.78, 5) is 4.95. The van der Waals surface area contributed by atoms with Gasteiger partial charge in [0.05, 0.1) is 11.4 Å². The molecule has 5 aromatic rings. The van der Waals surface area contributed by atoms with E-state index in [2.05, 4.69) is 0 Å². The monoisotopic (exact) mass is 840 g/mol. The van der Waals surface area contributed by atoms with E-state index in [0.29, 0.717) is 28.0 Å². The summed E-state index contributed by atoms with van der Waals surface area (Å²) in [5.74, 6) is -11.1. The molecule has 0 saturated heterocycles. The van der Waals surface area contributed by atoms with Gasteiger partial charge in [0.2, 0.25) is 0 Å². The van der Waals surface area contributed by atoms with E-state index >= 15 is 0 Å². The van der Waals surface area contributed by atoms with E-state index in [1.807, 2.05) is 75.4 Å². The van der Waals surface area contributed by atoms with Crippen molar-refractivity contribution in [3.05, 3.63) is 153 Å². The van der Waals surface area contributed by atoms with Crippen LogP contribution in [0.3, 0.4) is 0 Å². The fourth-order valence-electron chi connectivity index (χ4n) is 6.84. The summed E-state index contributed by atoms with van der Waals surface area (Å²) >= 11 is 0. The van der Waals surface area contributed by atoms with Gasteiger partial charge >= 0.3 is 31.5 Å². The molecule has 2 heterocycles. The Kier molecular flexibility index (Phi) is 12.2. The maximum atomic E-state index is 14.6. The third kappa shape index (κ3) is 9.63. The van der Waals surface area contributed by atoms with Gasteiger partial charge in [-0.3, -0.25) is 0 Å². The smallest absolute Gasteiger partial charge is 0.385 e. The quantitative estimate of drug-likeness (QED) is 0.0927. The van der Waals surface area contributed by atoms with E-state index in [4.69, 9.17) is 14.3 Å². The minimum atomic E-state index is -6.17. The number of hydrogen-bond donors (Lipinski definition) is 0. The summed E-state index contributed by atoms with van der Waals surface area (Å²) in [6.45, 7) is 6.09. The lowest BCUT2D eigenvalue weighted by Gasteiger charge is -2.26. The highest BCUT2D eigenvalue weighted by atomic mass is 19.4. The van der Waals surface area contributed by atoms with Gasteiger partial charge in [-0.05, 0) is 76.5 Å². The number of aliphatic imine (C=N–C) groups is 1. The fraction of sp³-hybridized carbons (Fsp3) is 0.267. The Hall–Kier alpha value is -5.41. The molecular weight excluding hydrogens is 801 g/mol. The minimum absolute atomic E-state index is 0.0238. The fourth-order valence-corrected chi connectivity index (χ4v) is 6.84. The number of aryl methyl sites for hydroxylation is 6. The van der Waals surface area contributed by atoms with Crippen LogP contribution in [-0.4, -0.2) is 54.9 Å². The number of nitrogens with zero attached hydrogens (tertiary/aromatic N) is 2. The van der Waals surface area contributed by atoms with Gasteiger partial charge in [0.25, 0.3) is 0 Å². The number of allylic oxidation sites excluding steroid dienone is 2. The zero-order valence-electron chi connectivity index (χ0n) is 33.3. The summed E-state index contributed by atoms with van der Waals surface area (Å²) in [5.41, 5.74) is 8.74. The lowest BCUT2D eigenvalue weighted by Crippen LogP contribution is -2.48. The maximum Gasteiger partial charge on any atom is 0.598 e. The van der Waals surface area contributed by atoms with Crippen molar-refractivity contribution in [3.63, 3.8) is 0 Å². The van der Waals surface area contributed by atoms with Crippen molar-refractivity contribution >= 4 is 24.6 Å². The highest BCUT2D eigenvalue weighted by Crippen LogP contribution is 2.42. The summed E-state index contributed by atoms with van der Waals surface area (Å²) in [6.07, 6.45) is -9.06. The molecule has 314 valence electrons. The summed E-state index contributed by atoms with van der Waals surface area (Å²) < 4.78 is 151. The normalized spacial score (nSPS) is 14.5. The molecule has 6 rings (SSSR count). The lowest BCUT2D eigenvalue weighted by atomic mass is 9.96. The van der Waals surface area contributed by atoms with Gasteiger partial charge in [0.1, 0.15) is 13.2 Å². The Bertz CT molecular complexity index is 2410. The third-order valence-electron chi connectivity index (χ3n) is 9.76. The van der Waals surface area contributed by atoms with Crippen LogP contribution in [0.1, 0.15) is 50.2 Å². The first kappa shape index (κ1) is 44.2. The van der Waals surface area contributed by atoms with Crippen LogP contribution in [-0.2, 0) is 9.31 Å². The molecule has 4 aromatic carbocycles. The average molecular weight is 841 g/mol. The van der Waals surface area contributed by atoms with Crippen molar-refractivity contribution in [1.29, 1.82) is 0 Å². The van der Waals surface area contributed by atoms with Crippen molar-refractivity contribution < 1.29 is 53.2 Å². The molecule has 0 spiro atoms. The van der Waals surface area contributed by atoms with Crippen LogP contribution >= 0.6 is 0 Å². The molecule has 60 heavy (non-hydrogen) atoms. The first-order valence-corrected chi connectivity index (χ1v) is 18.6. The lowest BCUT2D eigenvalue weighted by molar-refractivity contribution is -0.295. The minimum Gasteiger partial charge on any atom is -0.385 e. The molecule has 0 N–H and O–H groups in total. The van der Waals surface area contributed by atoms with E-state index in [1.165, 1.54) is 12.1 Å². The van der Waals surface area contributed by atoms with Crippen LogP contribution in [0.4, 0.5) is 43.9 Å². The zero-order valence-corrected chi connectivity index (χ0v) is 33.3. The molecule has 1 aliphatic heterocycles. The number of rotatable bonds is 12. The largest absolute Gasteiger partial charge is 0.598 e. The van der Waals surface area contributed by atoms with E-state index in [0.717, 1.165) is 37.9 Å². The number of halogens is 10. The molecule has 0 unspecified atom stereocenters. The molecule has 0 radical (unpaired) electrons. The third-order valence-corrected chi connectivity index (χ3v) is 9.76. The first-order valence-electron chi connectivity index (χ1n) is 18.6. The van der Waals surface area contributed by atoms with Crippen molar-refractivity contribution in [1.82, 2.24) is 4.48 Å². The Balaban J connectivity index is 1.70. The Morgan fingerprint density at radius 2 is 0.967 bits per heavy atom. The van der Waals surface area contributed by atoms with Crippen molar-refractivity contribution in [2.45, 2.75) is 65.7 Å². The van der Waals surface area contributed by atoms with Gasteiger partial charge in [0.15, 0.2) is 0 Å². The van der Waals surface area contributed by atoms with Crippen molar-refractivity contribution in [3.8, 4) is 22.4 Å². The molecule has 0 aliphatic carbocycles. The summed E-state index contributed by atoms with van der Waals surface area (Å²) in [6, 6.07) is 26.6. The maximum absolute atomic E-state index is 14.6. The Labute approximate surface area is 341 Å². The molecule has 0 fully saturated rings. The molecule has 0 bridgehead atoms. The van der Waals surface area contributed by atoms with Gasteiger partial charge in [-0.1, -0.05) is 118 Å². The topological polar surface area (TPSA) is 35.8 Å². The molecule has 0 amide bonds. The van der Waals surface area contributed by atoms with Crippen LogP contribution in [0.15, 0.2) is 108 Å². The van der Waals surface area contributed by atoms with Gasteiger partial charge in [0, 0.05) is 28.1 Å². The van der Waals surface area contributed by atoms with E-state index in [-0.39, 0.29) is 28.2 Å². The van der Waals surface area contributed by atoms with Crippen LogP contribution in [0, 0.1) is 41.5 Å². The molecule has 15 heteroatoms. The predicted molar refractivity (Wildman–Crippen MR) is 214 cm³/mol. The second-order valence-corrected chi connectivity index (χ2v) is 15.1. The van der Waals surface area contributed by atoms with E-state index < -0.39 is 44.7 Å². The summed E-state index contributed by atoms with van der Waals surface area (Å²) in [5, 5.41) is 0. The van der Waals surface area contributed by atoms with Crippen molar-refractivity contribution in [2.24, 2.45) is 4.99 Å². The highest BCUT2D eigenvalue weighted by Gasteiger charge is 2.60. The van der Waals surface area contributed by atoms with Crippen LogP contribution in [0.2, 0.25) is 0 Å². The second-order valence-electron chi connectivity index (χ2n) is 15.1.